The van der Waals surface area contributed by atoms with E-state index in [0.29, 0.717) is 19.7 Å². The fourth-order valence-corrected chi connectivity index (χ4v) is 3.03. The van der Waals surface area contributed by atoms with Crippen molar-refractivity contribution in [2.75, 3.05) is 13.1 Å². The summed E-state index contributed by atoms with van der Waals surface area (Å²) in [5, 5.41) is 20.7. The van der Waals surface area contributed by atoms with Gasteiger partial charge in [0.05, 0.1) is 18.8 Å². The summed E-state index contributed by atoms with van der Waals surface area (Å²) in [4.78, 5) is 2.06. The predicted octanol–water partition coefficient (Wildman–Crippen LogP) is 1.81. The maximum Gasteiger partial charge on any atom is 0.112 e. The second-order valence-corrected chi connectivity index (χ2v) is 6.08. The van der Waals surface area contributed by atoms with E-state index in [-0.39, 0.29) is 0 Å². The van der Waals surface area contributed by atoms with E-state index >= 15 is 0 Å². The standard InChI is InChI=1S/C19H23NO3/c21-17-12-20(11-15-7-3-1-4-8-15)13-18(22)19(17)23-14-16-9-5-2-6-10-16/h1-10,17-19,21-22H,11-14H2/t17-,18+,19+. The summed E-state index contributed by atoms with van der Waals surface area (Å²) in [5.41, 5.74) is 2.22. The molecule has 1 aliphatic rings. The molecule has 2 aromatic rings. The lowest BCUT2D eigenvalue weighted by Gasteiger charge is -2.39. The summed E-state index contributed by atoms with van der Waals surface area (Å²) in [7, 11) is 0. The molecule has 0 bridgehead atoms. The van der Waals surface area contributed by atoms with Gasteiger partial charge in [-0.25, -0.2) is 0 Å². The number of aliphatic hydroxyl groups is 2. The summed E-state index contributed by atoms with van der Waals surface area (Å²) < 4.78 is 5.77. The van der Waals surface area contributed by atoms with Crippen molar-refractivity contribution in [2.24, 2.45) is 0 Å². The summed E-state index contributed by atoms with van der Waals surface area (Å²) in [6.45, 7) is 2.13. The van der Waals surface area contributed by atoms with Crippen LogP contribution in [-0.4, -0.2) is 46.5 Å². The molecule has 3 rings (SSSR count). The second-order valence-electron chi connectivity index (χ2n) is 6.08. The second kappa shape index (κ2) is 7.70. The molecule has 0 unspecified atom stereocenters. The molecule has 1 fully saturated rings. The highest BCUT2D eigenvalue weighted by molar-refractivity contribution is 5.15. The monoisotopic (exact) mass is 313 g/mol. The Balaban J connectivity index is 1.54. The number of hydrogen-bond acceptors (Lipinski definition) is 4. The van der Waals surface area contributed by atoms with Crippen molar-refractivity contribution in [2.45, 2.75) is 31.5 Å². The van der Waals surface area contributed by atoms with E-state index in [1.165, 1.54) is 5.56 Å². The van der Waals surface area contributed by atoms with Crippen LogP contribution in [0, 0.1) is 0 Å². The number of rotatable bonds is 5. The highest BCUT2D eigenvalue weighted by Gasteiger charge is 2.35. The van der Waals surface area contributed by atoms with E-state index in [1.54, 1.807) is 0 Å². The molecule has 2 aromatic carbocycles. The third kappa shape index (κ3) is 4.39. The first kappa shape index (κ1) is 16.1. The van der Waals surface area contributed by atoms with E-state index in [9.17, 15) is 10.2 Å². The van der Waals surface area contributed by atoms with Crippen molar-refractivity contribution in [1.82, 2.24) is 4.90 Å². The van der Waals surface area contributed by atoms with Crippen molar-refractivity contribution in [3.05, 3.63) is 71.8 Å². The lowest BCUT2D eigenvalue weighted by atomic mass is 10.0. The van der Waals surface area contributed by atoms with Gasteiger partial charge in [0.1, 0.15) is 6.10 Å². The zero-order valence-corrected chi connectivity index (χ0v) is 13.1. The van der Waals surface area contributed by atoms with Crippen LogP contribution in [-0.2, 0) is 17.9 Å². The highest BCUT2D eigenvalue weighted by Crippen LogP contribution is 2.19. The maximum absolute atomic E-state index is 10.3. The summed E-state index contributed by atoms with van der Waals surface area (Å²) >= 11 is 0. The molecule has 4 nitrogen and oxygen atoms in total. The molecule has 122 valence electrons. The van der Waals surface area contributed by atoms with Crippen molar-refractivity contribution < 1.29 is 14.9 Å². The Morgan fingerprint density at radius 2 is 1.35 bits per heavy atom. The van der Waals surface area contributed by atoms with Gasteiger partial charge in [-0.05, 0) is 11.1 Å². The smallest absolute Gasteiger partial charge is 0.112 e. The van der Waals surface area contributed by atoms with E-state index in [4.69, 9.17) is 4.74 Å². The average molecular weight is 313 g/mol. The third-order valence-electron chi connectivity index (χ3n) is 4.18. The fraction of sp³-hybridized carbons (Fsp3) is 0.368. The number of benzene rings is 2. The number of nitrogens with zero attached hydrogens (tertiary/aromatic N) is 1. The van der Waals surface area contributed by atoms with Crippen molar-refractivity contribution >= 4 is 0 Å². The van der Waals surface area contributed by atoms with Crippen LogP contribution in [0.1, 0.15) is 11.1 Å². The molecule has 0 aromatic heterocycles. The number of β-amino-alcohol motifs (C(OH)–C–C–N with tert-alkyl or cyclic N) is 2. The SMILES string of the molecule is O[C@@H]1CN(Cc2ccccc2)C[C@H](O)[C@H]1OCc1ccccc1. The van der Waals surface area contributed by atoms with Crippen LogP contribution in [0.3, 0.4) is 0 Å². The van der Waals surface area contributed by atoms with Crippen LogP contribution in [0.25, 0.3) is 0 Å². The Bertz CT molecular complexity index is 578. The summed E-state index contributed by atoms with van der Waals surface area (Å²) in [6.07, 6.45) is -1.92. The van der Waals surface area contributed by atoms with Crippen LogP contribution < -0.4 is 0 Å². The van der Waals surface area contributed by atoms with Gasteiger partial charge in [-0.15, -0.1) is 0 Å². The zero-order chi connectivity index (χ0) is 16.1. The van der Waals surface area contributed by atoms with E-state index in [0.717, 1.165) is 12.1 Å². The molecule has 3 atom stereocenters. The fourth-order valence-electron chi connectivity index (χ4n) is 3.03. The number of hydrogen-bond donors (Lipinski definition) is 2. The van der Waals surface area contributed by atoms with Gasteiger partial charge in [0.25, 0.3) is 0 Å². The molecule has 0 amide bonds. The van der Waals surface area contributed by atoms with Crippen LogP contribution in [0.2, 0.25) is 0 Å². The van der Waals surface area contributed by atoms with E-state index < -0.39 is 18.3 Å². The molecule has 23 heavy (non-hydrogen) atoms. The third-order valence-corrected chi connectivity index (χ3v) is 4.18. The van der Waals surface area contributed by atoms with Crippen LogP contribution >= 0.6 is 0 Å². The Kier molecular flexibility index (Phi) is 5.41. The number of ether oxygens (including phenoxy) is 1. The molecular weight excluding hydrogens is 290 g/mol. The van der Waals surface area contributed by atoms with Crippen molar-refractivity contribution in [1.29, 1.82) is 0 Å². The Morgan fingerprint density at radius 1 is 0.826 bits per heavy atom. The van der Waals surface area contributed by atoms with Gasteiger partial charge in [0, 0.05) is 19.6 Å². The van der Waals surface area contributed by atoms with Crippen LogP contribution in [0.4, 0.5) is 0 Å². The molecule has 2 N–H and O–H groups in total. The minimum absolute atomic E-state index is 0.401. The number of aliphatic hydroxyl groups excluding tert-OH is 2. The van der Waals surface area contributed by atoms with Crippen LogP contribution in [0.15, 0.2) is 60.7 Å². The van der Waals surface area contributed by atoms with Crippen LogP contribution in [0.5, 0.6) is 0 Å². The Morgan fingerprint density at radius 3 is 1.91 bits per heavy atom. The molecule has 0 radical (unpaired) electrons. The molecule has 1 heterocycles. The summed E-state index contributed by atoms with van der Waals surface area (Å²) in [5.74, 6) is 0. The maximum atomic E-state index is 10.3. The molecule has 4 heteroatoms. The molecular formula is C19H23NO3. The average Bonchev–Trinajstić information content (AvgIpc) is 2.56. The van der Waals surface area contributed by atoms with Gasteiger partial charge in [-0.3, -0.25) is 4.90 Å². The van der Waals surface area contributed by atoms with Gasteiger partial charge in [0.2, 0.25) is 0 Å². The lowest BCUT2D eigenvalue weighted by Crippen LogP contribution is -2.55. The molecule has 0 aliphatic carbocycles. The highest BCUT2D eigenvalue weighted by atomic mass is 16.5. The predicted molar refractivity (Wildman–Crippen MR) is 88.8 cm³/mol. The quantitative estimate of drug-likeness (QED) is 0.884. The van der Waals surface area contributed by atoms with Gasteiger partial charge < -0.3 is 14.9 Å². The largest absolute Gasteiger partial charge is 0.389 e. The van der Waals surface area contributed by atoms with E-state index in [1.807, 2.05) is 48.5 Å². The first-order chi connectivity index (χ1) is 11.2. The Hall–Kier alpha value is -1.72. The number of piperidine rings is 1. The topological polar surface area (TPSA) is 52.9 Å². The first-order valence-corrected chi connectivity index (χ1v) is 8.00. The van der Waals surface area contributed by atoms with Gasteiger partial charge >= 0.3 is 0 Å². The molecule has 1 saturated heterocycles. The van der Waals surface area contributed by atoms with Gasteiger partial charge in [0.15, 0.2) is 0 Å². The number of likely N-dealkylation sites (tertiary alicyclic amines) is 1. The van der Waals surface area contributed by atoms with E-state index in [2.05, 4.69) is 17.0 Å². The molecule has 1 aliphatic heterocycles. The van der Waals surface area contributed by atoms with Gasteiger partial charge in [-0.2, -0.15) is 0 Å². The summed E-state index contributed by atoms with van der Waals surface area (Å²) in [6, 6.07) is 19.9. The lowest BCUT2D eigenvalue weighted by molar-refractivity contribution is -0.145. The Labute approximate surface area is 136 Å². The molecule has 0 saturated carbocycles. The minimum atomic E-state index is -0.689. The van der Waals surface area contributed by atoms with Crippen molar-refractivity contribution in [3.63, 3.8) is 0 Å². The zero-order valence-electron chi connectivity index (χ0n) is 13.1. The minimum Gasteiger partial charge on any atom is -0.389 e. The molecule has 0 spiro atoms. The normalized spacial score (nSPS) is 25.4. The van der Waals surface area contributed by atoms with Gasteiger partial charge in [-0.1, -0.05) is 60.7 Å². The first-order valence-electron chi connectivity index (χ1n) is 8.00. The van der Waals surface area contributed by atoms with Crippen molar-refractivity contribution in [3.8, 4) is 0 Å².